The zero-order valence-corrected chi connectivity index (χ0v) is 9.24. The maximum absolute atomic E-state index is 11.3. The number of Topliss-reactive ketones (excluding diaryl/α,β-unsaturated/α-hetero) is 1. The van der Waals surface area contributed by atoms with Gasteiger partial charge in [-0.25, -0.2) is 0 Å². The highest BCUT2D eigenvalue weighted by Gasteiger charge is 2.24. The SMILES string of the molecule is CC(=O)C(C)(C)Cc1ccc(O)c(O)c1. The predicted octanol–water partition coefficient (Wildman–Crippen LogP) is 2.26. The van der Waals surface area contributed by atoms with Crippen LogP contribution in [0, 0.1) is 5.41 Å². The number of hydrogen-bond donors (Lipinski definition) is 2. The number of ketones is 1. The van der Waals surface area contributed by atoms with Crippen LogP contribution in [0.5, 0.6) is 11.5 Å². The van der Waals surface area contributed by atoms with Gasteiger partial charge in [0.05, 0.1) is 0 Å². The molecule has 0 aliphatic carbocycles. The summed E-state index contributed by atoms with van der Waals surface area (Å²) in [6, 6.07) is 4.63. The lowest BCUT2D eigenvalue weighted by molar-refractivity contribution is -0.124. The third kappa shape index (κ3) is 2.72. The predicted molar refractivity (Wildman–Crippen MR) is 57.9 cm³/mol. The first kappa shape index (κ1) is 11.6. The number of phenols is 2. The van der Waals surface area contributed by atoms with Crippen molar-refractivity contribution >= 4 is 5.78 Å². The smallest absolute Gasteiger partial charge is 0.157 e. The van der Waals surface area contributed by atoms with Gasteiger partial charge in [-0.15, -0.1) is 0 Å². The Bertz CT molecular complexity index is 380. The molecule has 0 saturated carbocycles. The summed E-state index contributed by atoms with van der Waals surface area (Å²) in [6.45, 7) is 5.28. The molecule has 0 spiro atoms. The number of aromatic hydroxyl groups is 2. The van der Waals surface area contributed by atoms with Crippen molar-refractivity contribution in [1.29, 1.82) is 0 Å². The molecule has 0 aromatic heterocycles. The van der Waals surface area contributed by atoms with Crippen molar-refractivity contribution in [2.24, 2.45) is 5.41 Å². The third-order valence-electron chi connectivity index (χ3n) is 2.64. The molecular weight excluding hydrogens is 192 g/mol. The minimum absolute atomic E-state index is 0.107. The van der Waals surface area contributed by atoms with Crippen molar-refractivity contribution in [3.05, 3.63) is 23.8 Å². The normalized spacial score (nSPS) is 11.4. The molecule has 1 aromatic carbocycles. The molecule has 3 heteroatoms. The molecule has 15 heavy (non-hydrogen) atoms. The average Bonchev–Trinajstić information content (AvgIpc) is 2.10. The second kappa shape index (κ2) is 3.93. The van der Waals surface area contributed by atoms with E-state index in [1.807, 2.05) is 13.8 Å². The van der Waals surface area contributed by atoms with Gasteiger partial charge in [-0.05, 0) is 31.0 Å². The molecule has 0 aliphatic heterocycles. The van der Waals surface area contributed by atoms with Crippen molar-refractivity contribution < 1.29 is 15.0 Å². The van der Waals surface area contributed by atoms with Gasteiger partial charge in [0.25, 0.3) is 0 Å². The molecule has 0 atom stereocenters. The summed E-state index contributed by atoms with van der Waals surface area (Å²) in [5.41, 5.74) is 0.397. The lowest BCUT2D eigenvalue weighted by Gasteiger charge is -2.21. The van der Waals surface area contributed by atoms with Gasteiger partial charge in [0.1, 0.15) is 5.78 Å². The Morgan fingerprint density at radius 3 is 2.33 bits per heavy atom. The summed E-state index contributed by atoms with van der Waals surface area (Å²) in [5.74, 6) is -0.179. The van der Waals surface area contributed by atoms with Crippen molar-refractivity contribution in [3.63, 3.8) is 0 Å². The van der Waals surface area contributed by atoms with Crippen LogP contribution in [0.25, 0.3) is 0 Å². The van der Waals surface area contributed by atoms with Crippen molar-refractivity contribution in [3.8, 4) is 11.5 Å². The van der Waals surface area contributed by atoms with Gasteiger partial charge in [0.2, 0.25) is 0 Å². The van der Waals surface area contributed by atoms with Crippen LogP contribution in [0.1, 0.15) is 26.3 Å². The molecule has 0 fully saturated rings. The van der Waals surface area contributed by atoms with Crippen molar-refractivity contribution in [2.75, 3.05) is 0 Å². The zero-order valence-electron chi connectivity index (χ0n) is 9.24. The summed E-state index contributed by atoms with van der Waals surface area (Å²) in [4.78, 5) is 11.3. The van der Waals surface area contributed by atoms with Gasteiger partial charge in [-0.3, -0.25) is 4.79 Å². The molecule has 0 heterocycles. The molecule has 0 aliphatic rings. The van der Waals surface area contributed by atoms with Crippen LogP contribution in [0.4, 0.5) is 0 Å². The monoisotopic (exact) mass is 208 g/mol. The van der Waals surface area contributed by atoms with E-state index in [2.05, 4.69) is 0 Å². The maximum Gasteiger partial charge on any atom is 0.157 e. The highest BCUT2D eigenvalue weighted by atomic mass is 16.3. The first-order chi connectivity index (χ1) is 6.83. The number of phenolic OH excluding ortho intramolecular Hbond substituents is 2. The summed E-state index contributed by atoms with van der Waals surface area (Å²) in [5, 5.41) is 18.4. The van der Waals surface area contributed by atoms with Crippen LogP contribution in [0.2, 0.25) is 0 Å². The molecular formula is C12H16O3. The molecule has 2 N–H and O–H groups in total. The van der Waals surface area contributed by atoms with E-state index in [-0.39, 0.29) is 17.3 Å². The van der Waals surface area contributed by atoms with Crippen LogP contribution in [0.3, 0.4) is 0 Å². The minimum Gasteiger partial charge on any atom is -0.504 e. The molecule has 0 bridgehead atoms. The van der Waals surface area contributed by atoms with Gasteiger partial charge in [-0.2, -0.15) is 0 Å². The molecule has 0 unspecified atom stereocenters. The molecule has 0 amide bonds. The lowest BCUT2D eigenvalue weighted by atomic mass is 9.82. The Labute approximate surface area is 89.4 Å². The van der Waals surface area contributed by atoms with Crippen molar-refractivity contribution in [1.82, 2.24) is 0 Å². The van der Waals surface area contributed by atoms with E-state index in [1.165, 1.54) is 12.1 Å². The first-order valence-electron chi connectivity index (χ1n) is 4.85. The Morgan fingerprint density at radius 2 is 1.87 bits per heavy atom. The summed E-state index contributed by atoms with van der Waals surface area (Å²) in [7, 11) is 0. The van der Waals surface area contributed by atoms with E-state index >= 15 is 0 Å². The fourth-order valence-electron chi connectivity index (χ4n) is 1.31. The van der Waals surface area contributed by atoms with Gasteiger partial charge in [0, 0.05) is 5.41 Å². The Hall–Kier alpha value is -1.51. The second-order valence-corrected chi connectivity index (χ2v) is 4.44. The first-order valence-corrected chi connectivity index (χ1v) is 4.85. The Balaban J connectivity index is 2.91. The minimum atomic E-state index is -0.441. The number of benzene rings is 1. The molecule has 82 valence electrons. The van der Waals surface area contributed by atoms with Crippen molar-refractivity contribution in [2.45, 2.75) is 27.2 Å². The Kier molecular flexibility index (Phi) is 3.03. The van der Waals surface area contributed by atoms with Crippen LogP contribution < -0.4 is 0 Å². The summed E-state index contributed by atoms with van der Waals surface area (Å²) >= 11 is 0. The van der Waals surface area contributed by atoms with Gasteiger partial charge >= 0.3 is 0 Å². The second-order valence-electron chi connectivity index (χ2n) is 4.44. The Morgan fingerprint density at radius 1 is 1.27 bits per heavy atom. The van der Waals surface area contributed by atoms with Crippen LogP contribution in [-0.2, 0) is 11.2 Å². The molecule has 1 aromatic rings. The van der Waals surface area contributed by atoms with E-state index < -0.39 is 5.41 Å². The zero-order chi connectivity index (χ0) is 11.6. The summed E-state index contributed by atoms with van der Waals surface area (Å²) < 4.78 is 0. The average molecular weight is 208 g/mol. The maximum atomic E-state index is 11.3. The van der Waals surface area contributed by atoms with Crippen LogP contribution in [0.15, 0.2) is 18.2 Å². The van der Waals surface area contributed by atoms with E-state index in [4.69, 9.17) is 5.11 Å². The van der Waals surface area contributed by atoms with Gasteiger partial charge in [0.15, 0.2) is 11.5 Å². The molecule has 1 rings (SSSR count). The van der Waals surface area contributed by atoms with Gasteiger partial charge in [-0.1, -0.05) is 19.9 Å². The number of hydrogen-bond acceptors (Lipinski definition) is 3. The number of rotatable bonds is 3. The van der Waals surface area contributed by atoms with E-state index in [1.54, 1.807) is 13.0 Å². The van der Waals surface area contributed by atoms with Crippen LogP contribution >= 0.6 is 0 Å². The van der Waals surface area contributed by atoms with Gasteiger partial charge < -0.3 is 10.2 Å². The topological polar surface area (TPSA) is 57.5 Å². The largest absolute Gasteiger partial charge is 0.504 e. The summed E-state index contributed by atoms with van der Waals surface area (Å²) in [6.07, 6.45) is 0.552. The molecule has 3 nitrogen and oxygen atoms in total. The molecule has 0 saturated heterocycles. The van der Waals surface area contributed by atoms with E-state index in [0.717, 1.165) is 5.56 Å². The highest BCUT2D eigenvalue weighted by molar-refractivity contribution is 5.81. The lowest BCUT2D eigenvalue weighted by Crippen LogP contribution is -2.23. The van der Waals surface area contributed by atoms with E-state index in [0.29, 0.717) is 6.42 Å². The fourth-order valence-corrected chi connectivity index (χ4v) is 1.31. The van der Waals surface area contributed by atoms with Crippen LogP contribution in [-0.4, -0.2) is 16.0 Å². The molecule has 0 radical (unpaired) electrons. The highest BCUT2D eigenvalue weighted by Crippen LogP contribution is 2.29. The number of carbonyl (C=O) groups is 1. The quantitative estimate of drug-likeness (QED) is 0.749. The standard InChI is InChI=1S/C12H16O3/c1-8(13)12(2,3)7-9-4-5-10(14)11(15)6-9/h4-6,14-15H,7H2,1-3H3. The fraction of sp³-hybridized carbons (Fsp3) is 0.417. The number of carbonyl (C=O) groups excluding carboxylic acids is 1. The third-order valence-corrected chi connectivity index (χ3v) is 2.64. The van der Waals surface area contributed by atoms with E-state index in [9.17, 15) is 9.90 Å².